The van der Waals surface area contributed by atoms with Crippen molar-refractivity contribution in [1.29, 1.82) is 0 Å². The molecule has 0 atom stereocenters. The van der Waals surface area contributed by atoms with Crippen LogP contribution in [0.5, 0.6) is 5.75 Å². The van der Waals surface area contributed by atoms with Gasteiger partial charge in [-0.3, -0.25) is 0 Å². The zero-order valence-electron chi connectivity index (χ0n) is 20.4. The summed E-state index contributed by atoms with van der Waals surface area (Å²) in [7, 11) is 0. The second-order valence-electron chi connectivity index (χ2n) is 9.43. The molecule has 35 heavy (non-hydrogen) atoms. The highest BCUT2D eigenvalue weighted by molar-refractivity contribution is 7.36. The summed E-state index contributed by atoms with van der Waals surface area (Å²) in [6.07, 6.45) is 12.2. The summed E-state index contributed by atoms with van der Waals surface area (Å²) in [5, 5.41) is 12.2. The van der Waals surface area contributed by atoms with E-state index >= 15 is 0 Å². The van der Waals surface area contributed by atoms with Crippen molar-refractivity contribution in [3.05, 3.63) is 77.4 Å². The standard InChI is InChI=1S/C32H32OS2/c1-2-3-4-5-6-7-8-9-10-24-15-19-27-29(21-24)34-32-28-20-16-25(22-30(28)35-31(27)32)12-11-23-13-17-26(33)18-14-23/h13-22,33H,2-10H2,1H3. The van der Waals surface area contributed by atoms with E-state index in [1.807, 2.05) is 34.8 Å². The first-order valence-electron chi connectivity index (χ1n) is 12.9. The van der Waals surface area contributed by atoms with E-state index in [4.69, 9.17) is 0 Å². The molecule has 0 aliphatic rings. The minimum atomic E-state index is 0.267. The number of hydrogen-bond donors (Lipinski definition) is 1. The van der Waals surface area contributed by atoms with E-state index in [9.17, 15) is 5.11 Å². The molecule has 0 radical (unpaired) electrons. The lowest BCUT2D eigenvalue weighted by atomic mass is 10.0. The molecule has 178 valence electrons. The first kappa shape index (κ1) is 23.9. The predicted molar refractivity (Wildman–Crippen MR) is 155 cm³/mol. The maximum absolute atomic E-state index is 9.44. The van der Waals surface area contributed by atoms with E-state index < -0.39 is 0 Å². The third-order valence-electron chi connectivity index (χ3n) is 6.68. The van der Waals surface area contributed by atoms with Gasteiger partial charge in [0.2, 0.25) is 0 Å². The van der Waals surface area contributed by atoms with Crippen LogP contribution >= 0.6 is 22.7 Å². The molecule has 5 aromatic rings. The van der Waals surface area contributed by atoms with Crippen molar-refractivity contribution in [2.45, 2.75) is 64.7 Å². The zero-order chi connectivity index (χ0) is 24.0. The Bertz CT molecular complexity index is 1490. The molecule has 0 saturated carbocycles. The van der Waals surface area contributed by atoms with Crippen molar-refractivity contribution in [2.24, 2.45) is 0 Å². The molecular weight excluding hydrogens is 464 g/mol. The van der Waals surface area contributed by atoms with E-state index in [1.165, 1.54) is 92.9 Å². The molecule has 2 heterocycles. The number of fused-ring (bicyclic) bond motifs is 5. The average molecular weight is 497 g/mol. The van der Waals surface area contributed by atoms with Crippen LogP contribution in [0, 0.1) is 11.8 Å². The highest BCUT2D eigenvalue weighted by Gasteiger charge is 2.12. The van der Waals surface area contributed by atoms with Crippen molar-refractivity contribution in [3.63, 3.8) is 0 Å². The van der Waals surface area contributed by atoms with Crippen LogP contribution < -0.4 is 0 Å². The minimum Gasteiger partial charge on any atom is -0.508 e. The van der Waals surface area contributed by atoms with Gasteiger partial charge >= 0.3 is 0 Å². The fourth-order valence-electron chi connectivity index (χ4n) is 4.69. The topological polar surface area (TPSA) is 20.2 Å². The second-order valence-corrected chi connectivity index (χ2v) is 11.5. The summed E-state index contributed by atoms with van der Waals surface area (Å²) >= 11 is 3.82. The molecule has 1 N–H and O–H groups in total. The molecule has 5 rings (SSSR count). The lowest BCUT2D eigenvalue weighted by Crippen LogP contribution is -1.86. The number of hydrogen-bond acceptors (Lipinski definition) is 3. The SMILES string of the molecule is CCCCCCCCCCc1ccc2c(c1)sc1c3ccc(C#Cc4ccc(O)cc4)cc3sc21. The summed E-state index contributed by atoms with van der Waals surface area (Å²) in [6, 6.07) is 20.7. The molecular formula is C32H32OS2. The average Bonchev–Trinajstić information content (AvgIpc) is 3.40. The Kier molecular flexibility index (Phi) is 7.72. The number of phenols is 1. The molecule has 1 nitrogen and oxygen atoms in total. The molecule has 0 spiro atoms. The van der Waals surface area contributed by atoms with Gasteiger partial charge in [0.1, 0.15) is 5.75 Å². The molecule has 0 saturated heterocycles. The molecule has 0 bridgehead atoms. The monoisotopic (exact) mass is 496 g/mol. The second kappa shape index (κ2) is 11.3. The van der Waals surface area contributed by atoms with Crippen molar-refractivity contribution < 1.29 is 5.11 Å². The van der Waals surface area contributed by atoms with Crippen molar-refractivity contribution >= 4 is 52.2 Å². The molecule has 3 aromatic carbocycles. The summed E-state index contributed by atoms with van der Waals surface area (Å²) in [5.41, 5.74) is 3.41. The van der Waals surface area contributed by atoms with Gasteiger partial charge in [0.25, 0.3) is 0 Å². The van der Waals surface area contributed by atoms with Gasteiger partial charge in [-0.25, -0.2) is 0 Å². The van der Waals surface area contributed by atoms with Gasteiger partial charge in [0.05, 0.1) is 9.40 Å². The quantitative estimate of drug-likeness (QED) is 0.159. The number of aryl methyl sites for hydroxylation is 1. The fraction of sp³-hybridized carbons (Fsp3) is 0.312. The molecule has 0 aliphatic heterocycles. The number of unbranched alkanes of at least 4 members (excludes halogenated alkanes) is 7. The molecule has 2 aromatic heterocycles. The van der Waals surface area contributed by atoms with Gasteiger partial charge in [0.15, 0.2) is 0 Å². The third kappa shape index (κ3) is 5.72. The van der Waals surface area contributed by atoms with Gasteiger partial charge in [-0.15, -0.1) is 22.7 Å². The largest absolute Gasteiger partial charge is 0.508 e. The molecule has 0 aliphatic carbocycles. The maximum Gasteiger partial charge on any atom is 0.115 e. The van der Waals surface area contributed by atoms with Crippen LogP contribution in [0.3, 0.4) is 0 Å². The summed E-state index contributed by atoms with van der Waals surface area (Å²) in [5.74, 6) is 6.74. The molecule has 0 fully saturated rings. The highest BCUT2D eigenvalue weighted by atomic mass is 32.1. The summed E-state index contributed by atoms with van der Waals surface area (Å²) in [6.45, 7) is 2.28. The van der Waals surface area contributed by atoms with Crippen LogP contribution in [-0.4, -0.2) is 5.11 Å². The number of benzene rings is 3. The van der Waals surface area contributed by atoms with E-state index in [0.717, 1.165) is 11.1 Å². The molecule has 0 amide bonds. The van der Waals surface area contributed by atoms with Gasteiger partial charge in [0, 0.05) is 31.3 Å². The normalized spacial score (nSPS) is 11.3. The lowest BCUT2D eigenvalue weighted by Gasteiger charge is -2.03. The Morgan fingerprint density at radius 3 is 1.91 bits per heavy atom. The van der Waals surface area contributed by atoms with E-state index in [2.05, 4.69) is 55.2 Å². The fourth-order valence-corrected chi connectivity index (χ4v) is 7.44. The van der Waals surface area contributed by atoms with Crippen molar-refractivity contribution in [1.82, 2.24) is 0 Å². The van der Waals surface area contributed by atoms with Crippen molar-refractivity contribution in [2.75, 3.05) is 0 Å². The highest BCUT2D eigenvalue weighted by Crippen LogP contribution is 2.44. The lowest BCUT2D eigenvalue weighted by molar-refractivity contribution is 0.475. The number of phenolic OH excluding ortho intramolecular Hbond substituents is 1. The van der Waals surface area contributed by atoms with Gasteiger partial charge < -0.3 is 5.11 Å². The number of aromatic hydroxyl groups is 1. The van der Waals surface area contributed by atoms with Gasteiger partial charge in [-0.1, -0.05) is 81.9 Å². The van der Waals surface area contributed by atoms with E-state index in [0.29, 0.717) is 0 Å². The van der Waals surface area contributed by atoms with Gasteiger partial charge in [-0.2, -0.15) is 0 Å². The molecule has 0 unspecified atom stereocenters. The Labute approximate surface area is 216 Å². The van der Waals surface area contributed by atoms with Gasteiger partial charge in [-0.05, 0) is 60.9 Å². The van der Waals surface area contributed by atoms with Crippen LogP contribution in [0.2, 0.25) is 0 Å². The Hall–Kier alpha value is -2.80. The van der Waals surface area contributed by atoms with E-state index in [-0.39, 0.29) is 5.75 Å². The summed E-state index contributed by atoms with van der Waals surface area (Å²) in [4.78, 5) is 0. The molecule has 3 heteroatoms. The van der Waals surface area contributed by atoms with E-state index in [1.54, 1.807) is 12.1 Å². The Balaban J connectivity index is 1.28. The van der Waals surface area contributed by atoms with Crippen LogP contribution in [0.4, 0.5) is 0 Å². The van der Waals surface area contributed by atoms with Crippen LogP contribution in [-0.2, 0) is 6.42 Å². The van der Waals surface area contributed by atoms with Crippen LogP contribution in [0.15, 0.2) is 60.7 Å². The third-order valence-corrected chi connectivity index (χ3v) is 9.19. The Morgan fingerprint density at radius 2 is 1.20 bits per heavy atom. The smallest absolute Gasteiger partial charge is 0.115 e. The zero-order valence-corrected chi connectivity index (χ0v) is 22.0. The van der Waals surface area contributed by atoms with Crippen LogP contribution in [0.25, 0.3) is 29.6 Å². The first-order valence-corrected chi connectivity index (χ1v) is 14.5. The predicted octanol–water partition coefficient (Wildman–Crippen LogP) is 10.1. The van der Waals surface area contributed by atoms with Crippen LogP contribution in [0.1, 0.15) is 75.0 Å². The first-order chi connectivity index (χ1) is 17.2. The van der Waals surface area contributed by atoms with Crippen molar-refractivity contribution in [3.8, 4) is 17.6 Å². The maximum atomic E-state index is 9.44. The minimum absolute atomic E-state index is 0.267. The Morgan fingerprint density at radius 1 is 0.629 bits per heavy atom. The summed E-state index contributed by atoms with van der Waals surface area (Å²) < 4.78 is 5.53. The number of thiophene rings is 2. The number of rotatable bonds is 9.